The van der Waals surface area contributed by atoms with E-state index < -0.39 is 52.3 Å². The fraction of sp³-hybridized carbons (Fsp3) is 0.143. The predicted molar refractivity (Wildman–Crippen MR) is 122 cm³/mol. The fourth-order valence-corrected chi connectivity index (χ4v) is 3.84. The van der Waals surface area contributed by atoms with Gasteiger partial charge in [-0.25, -0.2) is 26.3 Å². The van der Waals surface area contributed by atoms with E-state index in [2.05, 4.69) is 4.74 Å². The zero-order valence-electron chi connectivity index (χ0n) is 19.2. The van der Waals surface area contributed by atoms with Gasteiger partial charge in [-0.2, -0.15) is 8.78 Å². The van der Waals surface area contributed by atoms with Crippen LogP contribution in [0.25, 0.3) is 22.3 Å². The van der Waals surface area contributed by atoms with Crippen LogP contribution in [0, 0.1) is 34.9 Å². The molecule has 0 saturated carbocycles. The lowest BCUT2D eigenvalue weighted by Gasteiger charge is -2.19. The monoisotopic (exact) mass is 522 g/mol. The number of benzene rings is 4. The highest BCUT2D eigenvalue weighted by molar-refractivity contribution is 5.71. The maximum absolute atomic E-state index is 14.6. The van der Waals surface area contributed by atoms with Gasteiger partial charge in [0.15, 0.2) is 29.1 Å². The van der Waals surface area contributed by atoms with Crippen molar-refractivity contribution in [3.05, 3.63) is 113 Å². The summed E-state index contributed by atoms with van der Waals surface area (Å²) in [4.78, 5) is 0. The summed E-state index contributed by atoms with van der Waals surface area (Å²) in [6, 6.07) is 12.0. The molecule has 192 valence electrons. The number of alkyl halides is 2. The van der Waals surface area contributed by atoms with E-state index in [0.717, 1.165) is 18.2 Å². The van der Waals surface area contributed by atoms with Crippen LogP contribution in [0.4, 0.5) is 35.1 Å². The second-order valence-electron chi connectivity index (χ2n) is 8.24. The molecular formula is C28H18F8O. The molecule has 4 rings (SSSR count). The maximum atomic E-state index is 14.6. The minimum atomic E-state index is -4.34. The topological polar surface area (TPSA) is 9.23 Å². The fourth-order valence-electron chi connectivity index (χ4n) is 3.84. The van der Waals surface area contributed by atoms with Crippen molar-refractivity contribution in [2.45, 2.75) is 25.9 Å². The molecule has 4 aromatic carbocycles. The molecule has 0 saturated heterocycles. The number of hydrogen-bond acceptors (Lipinski definition) is 1. The maximum Gasteiger partial charge on any atom is 0.429 e. The Morgan fingerprint density at radius 1 is 0.622 bits per heavy atom. The van der Waals surface area contributed by atoms with Gasteiger partial charge in [0.05, 0.1) is 5.56 Å². The van der Waals surface area contributed by atoms with E-state index in [1.807, 2.05) is 6.92 Å². The summed E-state index contributed by atoms with van der Waals surface area (Å²) in [5.41, 5.74) is 0.0287. The first kappa shape index (κ1) is 26.2. The average molecular weight is 522 g/mol. The molecule has 0 aromatic heterocycles. The van der Waals surface area contributed by atoms with Crippen molar-refractivity contribution in [2.24, 2.45) is 0 Å². The zero-order chi connectivity index (χ0) is 26.9. The molecular weight excluding hydrogens is 504 g/mol. The van der Waals surface area contributed by atoms with Crippen LogP contribution in [0.2, 0.25) is 0 Å². The summed E-state index contributed by atoms with van der Waals surface area (Å²) in [6.45, 7) is 1.85. The highest BCUT2D eigenvalue weighted by atomic mass is 19.3. The van der Waals surface area contributed by atoms with E-state index in [1.54, 1.807) is 0 Å². The molecule has 4 aromatic rings. The summed E-state index contributed by atoms with van der Waals surface area (Å²) in [6.07, 6.45) is -3.29. The van der Waals surface area contributed by atoms with Crippen LogP contribution >= 0.6 is 0 Å². The number of rotatable bonds is 7. The molecule has 0 fully saturated rings. The number of halogens is 8. The Bertz CT molecular complexity index is 1420. The average Bonchev–Trinajstić information content (AvgIpc) is 2.85. The van der Waals surface area contributed by atoms with Crippen molar-refractivity contribution in [2.75, 3.05) is 0 Å². The molecule has 37 heavy (non-hydrogen) atoms. The molecule has 0 bridgehead atoms. The minimum absolute atomic E-state index is 0.0379. The van der Waals surface area contributed by atoms with E-state index in [-0.39, 0.29) is 28.8 Å². The van der Waals surface area contributed by atoms with Crippen LogP contribution in [0.5, 0.6) is 5.75 Å². The number of aryl methyl sites for hydroxylation is 1. The second-order valence-corrected chi connectivity index (χ2v) is 8.24. The van der Waals surface area contributed by atoms with E-state index in [4.69, 9.17) is 0 Å². The van der Waals surface area contributed by atoms with E-state index in [1.165, 1.54) is 36.4 Å². The van der Waals surface area contributed by atoms with Gasteiger partial charge in [-0.15, -0.1) is 0 Å². The molecule has 0 aliphatic carbocycles. The van der Waals surface area contributed by atoms with Crippen molar-refractivity contribution < 1.29 is 39.9 Å². The van der Waals surface area contributed by atoms with Gasteiger partial charge in [-0.3, -0.25) is 0 Å². The molecule has 0 aliphatic heterocycles. The first-order chi connectivity index (χ1) is 17.5. The Balaban J connectivity index is 1.58. The molecule has 1 nitrogen and oxygen atoms in total. The third-order valence-electron chi connectivity index (χ3n) is 5.70. The first-order valence-electron chi connectivity index (χ1n) is 11.1. The smallest absolute Gasteiger partial charge is 0.429 e. The van der Waals surface area contributed by atoms with Gasteiger partial charge >= 0.3 is 6.11 Å². The Kier molecular flexibility index (Phi) is 7.25. The van der Waals surface area contributed by atoms with Crippen LogP contribution in [-0.4, -0.2) is 0 Å². The normalized spacial score (nSPS) is 11.6. The molecule has 0 N–H and O–H groups in total. The molecule has 0 unspecified atom stereocenters. The zero-order valence-corrected chi connectivity index (χ0v) is 19.2. The summed E-state index contributed by atoms with van der Waals surface area (Å²) in [5, 5.41) is 0. The van der Waals surface area contributed by atoms with Gasteiger partial charge in [0, 0.05) is 17.7 Å². The van der Waals surface area contributed by atoms with Crippen LogP contribution in [-0.2, 0) is 12.5 Å². The largest absolute Gasteiger partial charge is 0.429 e. The molecule has 0 spiro atoms. The molecule has 9 heteroatoms. The highest BCUT2D eigenvalue weighted by Gasteiger charge is 2.38. The van der Waals surface area contributed by atoms with Crippen LogP contribution in [0.1, 0.15) is 24.5 Å². The third kappa shape index (κ3) is 5.30. The Labute approximate surface area is 207 Å². The Morgan fingerprint density at radius 3 is 1.81 bits per heavy atom. The molecule has 0 amide bonds. The number of hydrogen-bond donors (Lipinski definition) is 0. The van der Waals surface area contributed by atoms with Gasteiger partial charge in [-0.05, 0) is 40.8 Å². The summed E-state index contributed by atoms with van der Waals surface area (Å²) < 4.78 is 116. The van der Waals surface area contributed by atoms with Crippen LogP contribution in [0.15, 0.2) is 66.7 Å². The highest BCUT2D eigenvalue weighted by Crippen LogP contribution is 2.36. The summed E-state index contributed by atoms with van der Waals surface area (Å²) in [5.74, 6) is -9.68. The van der Waals surface area contributed by atoms with E-state index >= 15 is 0 Å². The summed E-state index contributed by atoms with van der Waals surface area (Å²) >= 11 is 0. The van der Waals surface area contributed by atoms with Crippen molar-refractivity contribution >= 4 is 0 Å². The molecule has 0 atom stereocenters. The minimum Gasteiger partial charge on any atom is -0.429 e. The first-order valence-corrected chi connectivity index (χ1v) is 11.1. The van der Waals surface area contributed by atoms with E-state index in [9.17, 15) is 35.1 Å². The van der Waals surface area contributed by atoms with Gasteiger partial charge in [0.2, 0.25) is 0 Å². The third-order valence-corrected chi connectivity index (χ3v) is 5.70. The van der Waals surface area contributed by atoms with Gasteiger partial charge in [0.1, 0.15) is 11.6 Å². The molecule has 0 aliphatic rings. The quantitative estimate of drug-likeness (QED) is 0.174. The standard InChI is InChI=1S/C28H18F8O/c1-2-3-17-8-10-20(26(33)25(17)32)16-6-4-15(5-7-16)18-9-11-21(22(29)12-18)28(35,36)37-19-13-23(30)27(34)24(31)14-19/h4-14H,2-3H2,1H3. The number of ether oxygens (including phenoxy) is 1. The lowest BCUT2D eigenvalue weighted by molar-refractivity contribution is -0.187. The van der Waals surface area contributed by atoms with Crippen molar-refractivity contribution in [1.82, 2.24) is 0 Å². The van der Waals surface area contributed by atoms with Gasteiger partial charge in [-0.1, -0.05) is 55.8 Å². The Morgan fingerprint density at radius 2 is 1.22 bits per heavy atom. The summed E-state index contributed by atoms with van der Waals surface area (Å²) in [7, 11) is 0. The van der Waals surface area contributed by atoms with E-state index in [0.29, 0.717) is 24.0 Å². The second kappa shape index (κ2) is 10.2. The van der Waals surface area contributed by atoms with Crippen molar-refractivity contribution in [1.29, 1.82) is 0 Å². The lowest BCUT2D eigenvalue weighted by Crippen LogP contribution is -2.23. The van der Waals surface area contributed by atoms with Crippen molar-refractivity contribution in [3.63, 3.8) is 0 Å². The van der Waals surface area contributed by atoms with Crippen LogP contribution in [0.3, 0.4) is 0 Å². The van der Waals surface area contributed by atoms with Gasteiger partial charge < -0.3 is 4.74 Å². The van der Waals surface area contributed by atoms with Gasteiger partial charge in [0.25, 0.3) is 0 Å². The molecule has 0 heterocycles. The predicted octanol–water partition coefficient (Wildman–Crippen LogP) is 8.94. The Hall–Kier alpha value is -3.88. The van der Waals surface area contributed by atoms with Crippen LogP contribution < -0.4 is 4.74 Å². The molecule has 0 radical (unpaired) electrons. The lowest BCUT2D eigenvalue weighted by atomic mass is 9.97. The SMILES string of the molecule is CCCc1ccc(-c2ccc(-c3ccc(C(F)(F)Oc4cc(F)c(F)c(F)c4)c(F)c3)cc2)c(F)c1F. The van der Waals surface area contributed by atoms with Crippen molar-refractivity contribution in [3.8, 4) is 28.0 Å².